The third-order valence-electron chi connectivity index (χ3n) is 5.68. The summed E-state index contributed by atoms with van der Waals surface area (Å²) >= 11 is 0. The molecule has 31 heavy (non-hydrogen) atoms. The first kappa shape index (κ1) is 22.2. The Labute approximate surface area is 181 Å². The lowest BCUT2D eigenvalue weighted by Crippen LogP contribution is -2.55. The lowest BCUT2D eigenvalue weighted by Gasteiger charge is -2.29. The quantitative estimate of drug-likeness (QED) is 0.521. The van der Waals surface area contributed by atoms with Crippen molar-refractivity contribution in [3.8, 4) is 0 Å². The Hall–Kier alpha value is -3.48. The van der Waals surface area contributed by atoms with E-state index < -0.39 is 35.8 Å². The number of benzene rings is 2. The van der Waals surface area contributed by atoms with E-state index in [-0.39, 0.29) is 23.5 Å². The zero-order chi connectivity index (χ0) is 22.5. The summed E-state index contributed by atoms with van der Waals surface area (Å²) in [5.41, 5.74) is 1.33. The highest BCUT2D eigenvalue weighted by Gasteiger charge is 2.43. The van der Waals surface area contributed by atoms with Crippen LogP contribution in [0.2, 0.25) is 0 Å². The molecule has 3 atom stereocenters. The SMILES string of the molecule is CC[C@@H](C)[C@H](NC(=O)[C@H](Cc1ccccc1)N1C(=O)c2ccccc2C1=O)C(=O)OC. The molecule has 0 aromatic heterocycles. The van der Waals surface area contributed by atoms with Gasteiger partial charge < -0.3 is 10.1 Å². The second-order valence-electron chi connectivity index (χ2n) is 7.63. The number of methoxy groups -OCH3 is 1. The van der Waals surface area contributed by atoms with Crippen LogP contribution in [0.4, 0.5) is 0 Å². The van der Waals surface area contributed by atoms with Crippen molar-refractivity contribution in [1.82, 2.24) is 10.2 Å². The summed E-state index contributed by atoms with van der Waals surface area (Å²) in [6.07, 6.45) is 0.767. The number of ether oxygens (including phenoxy) is 1. The summed E-state index contributed by atoms with van der Waals surface area (Å²) in [6.45, 7) is 3.73. The van der Waals surface area contributed by atoms with Crippen molar-refractivity contribution in [1.29, 1.82) is 0 Å². The van der Waals surface area contributed by atoms with Gasteiger partial charge in [-0.2, -0.15) is 0 Å². The van der Waals surface area contributed by atoms with E-state index in [1.165, 1.54) is 7.11 Å². The molecule has 3 amide bonds. The van der Waals surface area contributed by atoms with Crippen LogP contribution in [0.25, 0.3) is 0 Å². The molecule has 1 aliphatic rings. The molecular formula is C24H26N2O5. The largest absolute Gasteiger partial charge is 0.467 e. The van der Waals surface area contributed by atoms with Crippen molar-refractivity contribution in [2.75, 3.05) is 7.11 Å². The maximum atomic E-state index is 13.4. The predicted molar refractivity (Wildman–Crippen MR) is 114 cm³/mol. The van der Waals surface area contributed by atoms with Crippen LogP contribution < -0.4 is 5.32 Å². The lowest BCUT2D eigenvalue weighted by atomic mass is 9.97. The van der Waals surface area contributed by atoms with Crippen LogP contribution in [0.3, 0.4) is 0 Å². The van der Waals surface area contributed by atoms with Gasteiger partial charge in [0.15, 0.2) is 0 Å². The van der Waals surface area contributed by atoms with Crippen LogP contribution in [0, 0.1) is 5.92 Å². The summed E-state index contributed by atoms with van der Waals surface area (Å²) in [4.78, 5) is 52.7. The van der Waals surface area contributed by atoms with Gasteiger partial charge in [0.05, 0.1) is 18.2 Å². The number of nitrogens with zero attached hydrogens (tertiary/aromatic N) is 1. The molecule has 0 aliphatic carbocycles. The fourth-order valence-corrected chi connectivity index (χ4v) is 3.68. The molecule has 0 saturated carbocycles. The Morgan fingerprint density at radius 2 is 1.52 bits per heavy atom. The van der Waals surface area contributed by atoms with Crippen molar-refractivity contribution in [3.05, 3.63) is 71.3 Å². The van der Waals surface area contributed by atoms with Gasteiger partial charge in [0, 0.05) is 6.42 Å². The Morgan fingerprint density at radius 1 is 0.968 bits per heavy atom. The smallest absolute Gasteiger partial charge is 0.328 e. The number of imide groups is 1. The lowest BCUT2D eigenvalue weighted by molar-refractivity contribution is -0.147. The topological polar surface area (TPSA) is 92.8 Å². The number of amides is 3. The summed E-state index contributed by atoms with van der Waals surface area (Å²) in [7, 11) is 1.26. The highest BCUT2D eigenvalue weighted by molar-refractivity contribution is 6.22. The third-order valence-corrected chi connectivity index (χ3v) is 5.68. The summed E-state index contributed by atoms with van der Waals surface area (Å²) < 4.78 is 4.85. The van der Waals surface area contributed by atoms with Gasteiger partial charge in [0.1, 0.15) is 12.1 Å². The molecule has 0 fully saturated rings. The fraction of sp³-hybridized carbons (Fsp3) is 0.333. The highest BCUT2D eigenvalue weighted by atomic mass is 16.5. The molecule has 3 rings (SSSR count). The Morgan fingerprint density at radius 3 is 2.03 bits per heavy atom. The second-order valence-corrected chi connectivity index (χ2v) is 7.63. The Bertz CT molecular complexity index is 953. The standard InChI is InChI=1S/C24H26N2O5/c1-4-15(2)20(24(30)31-3)25-21(27)19(14-16-10-6-5-7-11-16)26-22(28)17-12-8-9-13-18(17)23(26)29/h5-13,15,19-20H,4,14H2,1-3H3,(H,25,27)/t15-,19+,20+/m1/s1. The van der Waals surface area contributed by atoms with Crippen LogP contribution in [0.5, 0.6) is 0 Å². The van der Waals surface area contributed by atoms with Gasteiger partial charge in [-0.15, -0.1) is 0 Å². The van der Waals surface area contributed by atoms with Gasteiger partial charge in [0.25, 0.3) is 11.8 Å². The first-order valence-corrected chi connectivity index (χ1v) is 10.3. The van der Waals surface area contributed by atoms with E-state index >= 15 is 0 Å². The van der Waals surface area contributed by atoms with E-state index in [9.17, 15) is 19.2 Å². The van der Waals surface area contributed by atoms with Crippen LogP contribution >= 0.6 is 0 Å². The second kappa shape index (κ2) is 9.55. The average molecular weight is 422 g/mol. The molecule has 0 unspecified atom stereocenters. The molecule has 1 heterocycles. The molecule has 162 valence electrons. The van der Waals surface area contributed by atoms with E-state index in [4.69, 9.17) is 4.74 Å². The molecule has 7 heteroatoms. The number of esters is 1. The van der Waals surface area contributed by atoms with Gasteiger partial charge in [-0.25, -0.2) is 4.79 Å². The van der Waals surface area contributed by atoms with Crippen molar-refractivity contribution >= 4 is 23.7 Å². The Kier molecular flexibility index (Phi) is 6.84. The van der Waals surface area contributed by atoms with E-state index in [1.807, 2.05) is 44.2 Å². The van der Waals surface area contributed by atoms with Crippen molar-refractivity contribution in [2.24, 2.45) is 5.92 Å². The number of nitrogens with one attached hydrogen (secondary N) is 1. The summed E-state index contributed by atoms with van der Waals surface area (Å²) in [5, 5.41) is 2.72. The number of carbonyl (C=O) groups excluding carboxylic acids is 4. The van der Waals surface area contributed by atoms with Crippen LogP contribution in [-0.2, 0) is 20.7 Å². The first-order valence-electron chi connectivity index (χ1n) is 10.3. The third kappa shape index (κ3) is 4.50. The van der Waals surface area contributed by atoms with Gasteiger partial charge in [-0.3, -0.25) is 19.3 Å². The Balaban J connectivity index is 1.95. The molecule has 0 spiro atoms. The number of hydrogen-bond donors (Lipinski definition) is 1. The van der Waals surface area contributed by atoms with Crippen molar-refractivity contribution in [3.63, 3.8) is 0 Å². The molecule has 1 N–H and O–H groups in total. The number of fused-ring (bicyclic) bond motifs is 1. The molecule has 2 aromatic carbocycles. The summed E-state index contributed by atoms with van der Waals surface area (Å²) in [5.74, 6) is -2.36. The molecule has 0 saturated heterocycles. The van der Waals surface area contributed by atoms with E-state index in [0.717, 1.165) is 10.5 Å². The number of hydrogen-bond acceptors (Lipinski definition) is 5. The van der Waals surface area contributed by atoms with Gasteiger partial charge in [-0.05, 0) is 23.6 Å². The number of carbonyl (C=O) groups is 4. The zero-order valence-electron chi connectivity index (χ0n) is 17.8. The molecule has 7 nitrogen and oxygen atoms in total. The van der Waals surface area contributed by atoms with Crippen LogP contribution in [-0.4, -0.2) is 47.8 Å². The van der Waals surface area contributed by atoms with Gasteiger partial charge in [0.2, 0.25) is 5.91 Å². The predicted octanol–water partition coefficient (Wildman–Crippen LogP) is 2.60. The molecule has 2 aromatic rings. The first-order chi connectivity index (χ1) is 14.9. The maximum Gasteiger partial charge on any atom is 0.328 e. The highest BCUT2D eigenvalue weighted by Crippen LogP contribution is 2.26. The molecule has 1 aliphatic heterocycles. The number of rotatable bonds is 8. The van der Waals surface area contributed by atoms with Gasteiger partial charge in [-0.1, -0.05) is 62.7 Å². The van der Waals surface area contributed by atoms with Crippen molar-refractivity contribution < 1.29 is 23.9 Å². The van der Waals surface area contributed by atoms with Crippen molar-refractivity contribution in [2.45, 2.75) is 38.8 Å². The molecule has 0 bridgehead atoms. The monoisotopic (exact) mass is 422 g/mol. The average Bonchev–Trinajstić information content (AvgIpc) is 3.05. The van der Waals surface area contributed by atoms with Crippen LogP contribution in [0.15, 0.2) is 54.6 Å². The minimum absolute atomic E-state index is 0.131. The normalized spacial score (nSPS) is 15.8. The molecular weight excluding hydrogens is 396 g/mol. The van der Waals surface area contributed by atoms with E-state index in [0.29, 0.717) is 6.42 Å². The minimum atomic E-state index is -1.11. The summed E-state index contributed by atoms with van der Waals surface area (Å²) in [6, 6.07) is 13.7. The maximum absolute atomic E-state index is 13.4. The zero-order valence-corrected chi connectivity index (χ0v) is 17.8. The minimum Gasteiger partial charge on any atom is -0.467 e. The van der Waals surface area contributed by atoms with E-state index in [2.05, 4.69) is 5.32 Å². The van der Waals surface area contributed by atoms with E-state index in [1.54, 1.807) is 24.3 Å². The van der Waals surface area contributed by atoms with Gasteiger partial charge >= 0.3 is 5.97 Å². The fourth-order valence-electron chi connectivity index (χ4n) is 3.68. The molecule has 0 radical (unpaired) electrons. The van der Waals surface area contributed by atoms with Crippen LogP contribution in [0.1, 0.15) is 46.5 Å².